The quantitative estimate of drug-likeness (QED) is 0.756. The molecule has 0 radical (unpaired) electrons. The summed E-state index contributed by atoms with van der Waals surface area (Å²) in [6, 6.07) is 5.56. The Kier molecular flexibility index (Phi) is 5.64. The van der Waals surface area contributed by atoms with Crippen molar-refractivity contribution in [2.45, 2.75) is 33.6 Å². The normalized spacial score (nSPS) is 14.5. The lowest BCUT2D eigenvalue weighted by Crippen LogP contribution is -2.25. The number of hydrogen-bond acceptors (Lipinski definition) is 4. The van der Waals surface area contributed by atoms with Crippen LogP contribution in [0.15, 0.2) is 18.2 Å². The van der Waals surface area contributed by atoms with Crippen LogP contribution in [0.3, 0.4) is 0 Å². The van der Waals surface area contributed by atoms with Crippen molar-refractivity contribution in [3.63, 3.8) is 0 Å². The molecule has 1 heterocycles. The van der Waals surface area contributed by atoms with Gasteiger partial charge in [-0.1, -0.05) is 13.8 Å². The number of esters is 1. The lowest BCUT2D eigenvalue weighted by atomic mass is 10.1. The number of amides is 1. The van der Waals surface area contributed by atoms with Crippen LogP contribution < -0.4 is 9.80 Å². The summed E-state index contributed by atoms with van der Waals surface area (Å²) in [7, 11) is 1.97. The first kappa shape index (κ1) is 17.3. The zero-order chi connectivity index (χ0) is 17.0. The van der Waals surface area contributed by atoms with Crippen LogP contribution in [0.2, 0.25) is 0 Å². The minimum atomic E-state index is -0.335. The number of benzene rings is 1. The molecule has 0 unspecified atom stereocenters. The van der Waals surface area contributed by atoms with Gasteiger partial charge >= 0.3 is 5.97 Å². The average molecular weight is 318 g/mol. The molecule has 1 amide bonds. The van der Waals surface area contributed by atoms with Gasteiger partial charge in [0.05, 0.1) is 12.2 Å². The van der Waals surface area contributed by atoms with E-state index in [-0.39, 0.29) is 11.9 Å². The van der Waals surface area contributed by atoms with Crippen LogP contribution in [0.25, 0.3) is 0 Å². The molecule has 1 aromatic rings. The van der Waals surface area contributed by atoms with E-state index in [0.29, 0.717) is 31.1 Å². The van der Waals surface area contributed by atoms with Gasteiger partial charge in [0.25, 0.3) is 0 Å². The maximum Gasteiger partial charge on any atom is 0.338 e. The number of carbonyl (C=O) groups is 2. The minimum absolute atomic E-state index is 0.114. The van der Waals surface area contributed by atoms with Crippen LogP contribution in [0.5, 0.6) is 0 Å². The summed E-state index contributed by atoms with van der Waals surface area (Å²) in [6.45, 7) is 7.97. The van der Waals surface area contributed by atoms with Crippen molar-refractivity contribution < 1.29 is 14.3 Å². The molecule has 0 saturated carbocycles. The first-order chi connectivity index (χ1) is 10.9. The summed E-state index contributed by atoms with van der Waals surface area (Å²) >= 11 is 0. The molecule has 0 atom stereocenters. The van der Waals surface area contributed by atoms with Gasteiger partial charge in [-0.25, -0.2) is 4.79 Å². The summed E-state index contributed by atoms with van der Waals surface area (Å²) in [4.78, 5) is 28.1. The zero-order valence-electron chi connectivity index (χ0n) is 14.5. The van der Waals surface area contributed by atoms with Crippen molar-refractivity contribution >= 4 is 23.3 Å². The van der Waals surface area contributed by atoms with Crippen molar-refractivity contribution in [3.8, 4) is 0 Å². The summed E-state index contributed by atoms with van der Waals surface area (Å²) in [5, 5.41) is 0. The molecule has 0 N–H and O–H groups in total. The van der Waals surface area contributed by atoms with Gasteiger partial charge in [0.1, 0.15) is 0 Å². The van der Waals surface area contributed by atoms with E-state index in [9.17, 15) is 9.59 Å². The van der Waals surface area contributed by atoms with Crippen LogP contribution in [0.1, 0.15) is 44.0 Å². The number of anilines is 2. The topological polar surface area (TPSA) is 49.9 Å². The highest BCUT2D eigenvalue weighted by atomic mass is 16.5. The molecule has 0 aromatic heterocycles. The molecular formula is C18H26N2O3. The summed E-state index contributed by atoms with van der Waals surface area (Å²) in [5.74, 6) is 0.0702. The molecule has 23 heavy (non-hydrogen) atoms. The van der Waals surface area contributed by atoms with Gasteiger partial charge in [0.2, 0.25) is 5.91 Å². The van der Waals surface area contributed by atoms with Gasteiger partial charge in [-0.3, -0.25) is 4.79 Å². The molecule has 0 aliphatic carbocycles. The Bertz CT molecular complexity index is 584. The van der Waals surface area contributed by atoms with Crippen molar-refractivity contribution in [1.29, 1.82) is 0 Å². The zero-order valence-corrected chi connectivity index (χ0v) is 14.5. The Morgan fingerprint density at radius 3 is 2.65 bits per heavy atom. The SMILES string of the molecule is CCN(C)c1cc(C(=O)OCC(C)C)cc(N2CCCC2=O)c1. The van der Waals surface area contributed by atoms with Crippen LogP contribution in [0, 0.1) is 5.92 Å². The second kappa shape index (κ2) is 7.49. The van der Waals surface area contributed by atoms with Crippen molar-refractivity contribution in [2.75, 3.05) is 36.5 Å². The molecule has 1 aromatic carbocycles. The van der Waals surface area contributed by atoms with E-state index in [0.717, 1.165) is 24.3 Å². The van der Waals surface area contributed by atoms with E-state index in [2.05, 4.69) is 0 Å². The first-order valence-corrected chi connectivity index (χ1v) is 8.26. The lowest BCUT2D eigenvalue weighted by Gasteiger charge is -2.22. The van der Waals surface area contributed by atoms with Crippen LogP contribution in [0.4, 0.5) is 11.4 Å². The summed E-state index contributed by atoms with van der Waals surface area (Å²) in [5.41, 5.74) is 2.20. The first-order valence-electron chi connectivity index (χ1n) is 8.26. The van der Waals surface area contributed by atoms with Crippen LogP contribution in [-0.2, 0) is 9.53 Å². The van der Waals surface area contributed by atoms with Gasteiger partial charge in [-0.05, 0) is 37.5 Å². The smallest absolute Gasteiger partial charge is 0.338 e. The second-order valence-corrected chi connectivity index (χ2v) is 6.39. The fourth-order valence-electron chi connectivity index (χ4n) is 2.52. The van der Waals surface area contributed by atoms with Gasteiger partial charge in [-0.2, -0.15) is 0 Å². The van der Waals surface area contributed by atoms with Crippen molar-refractivity contribution in [3.05, 3.63) is 23.8 Å². The Balaban J connectivity index is 2.33. The van der Waals surface area contributed by atoms with Gasteiger partial charge in [0, 0.05) is 37.9 Å². The molecule has 1 aliphatic heterocycles. The van der Waals surface area contributed by atoms with E-state index in [1.54, 1.807) is 11.0 Å². The molecule has 126 valence electrons. The molecule has 5 nitrogen and oxygen atoms in total. The van der Waals surface area contributed by atoms with Crippen molar-refractivity contribution in [1.82, 2.24) is 0 Å². The molecular weight excluding hydrogens is 292 g/mol. The predicted octanol–water partition coefficient (Wildman–Crippen LogP) is 3.08. The van der Waals surface area contributed by atoms with E-state index in [1.807, 2.05) is 44.9 Å². The minimum Gasteiger partial charge on any atom is -0.462 e. The van der Waals surface area contributed by atoms with E-state index in [4.69, 9.17) is 4.74 Å². The Morgan fingerprint density at radius 2 is 2.09 bits per heavy atom. The predicted molar refractivity (Wildman–Crippen MR) is 92.1 cm³/mol. The fourth-order valence-corrected chi connectivity index (χ4v) is 2.52. The number of nitrogens with zero attached hydrogens (tertiary/aromatic N) is 2. The Morgan fingerprint density at radius 1 is 1.35 bits per heavy atom. The van der Waals surface area contributed by atoms with Gasteiger partial charge in [-0.15, -0.1) is 0 Å². The molecule has 1 aliphatic rings. The molecule has 2 rings (SSSR count). The third-order valence-electron chi connectivity index (χ3n) is 3.99. The highest BCUT2D eigenvalue weighted by Gasteiger charge is 2.24. The number of hydrogen-bond donors (Lipinski definition) is 0. The highest BCUT2D eigenvalue weighted by molar-refractivity contribution is 5.98. The van der Waals surface area contributed by atoms with Crippen LogP contribution in [-0.4, -0.2) is 38.6 Å². The number of carbonyl (C=O) groups excluding carboxylic acids is 2. The second-order valence-electron chi connectivity index (χ2n) is 6.39. The molecule has 0 spiro atoms. The Hall–Kier alpha value is -2.04. The maximum atomic E-state index is 12.3. The summed E-state index contributed by atoms with van der Waals surface area (Å²) < 4.78 is 5.34. The summed E-state index contributed by atoms with van der Waals surface area (Å²) in [6.07, 6.45) is 1.43. The molecule has 1 saturated heterocycles. The number of ether oxygens (including phenoxy) is 1. The maximum absolute atomic E-state index is 12.3. The highest BCUT2D eigenvalue weighted by Crippen LogP contribution is 2.28. The lowest BCUT2D eigenvalue weighted by molar-refractivity contribution is -0.117. The van der Waals surface area contributed by atoms with E-state index in [1.165, 1.54) is 0 Å². The average Bonchev–Trinajstić information content (AvgIpc) is 2.97. The standard InChI is InChI=1S/C18H26N2O3/c1-5-19(4)15-9-14(18(22)23-12-13(2)3)10-16(11-15)20-8-6-7-17(20)21/h9-11,13H,5-8,12H2,1-4H3. The fraction of sp³-hybridized carbons (Fsp3) is 0.556. The van der Waals surface area contributed by atoms with Crippen LogP contribution >= 0.6 is 0 Å². The molecule has 5 heteroatoms. The van der Waals surface area contributed by atoms with Gasteiger partial charge in [0.15, 0.2) is 0 Å². The van der Waals surface area contributed by atoms with Gasteiger partial charge < -0.3 is 14.5 Å². The van der Waals surface area contributed by atoms with E-state index >= 15 is 0 Å². The third-order valence-corrected chi connectivity index (χ3v) is 3.99. The molecule has 0 bridgehead atoms. The number of rotatable bonds is 6. The van der Waals surface area contributed by atoms with E-state index < -0.39 is 0 Å². The third kappa shape index (κ3) is 4.24. The molecule has 1 fully saturated rings. The monoisotopic (exact) mass is 318 g/mol. The Labute approximate surface area is 138 Å². The van der Waals surface area contributed by atoms with Crippen molar-refractivity contribution in [2.24, 2.45) is 5.92 Å². The largest absolute Gasteiger partial charge is 0.462 e.